The molecule has 0 aromatic heterocycles. The van der Waals surface area contributed by atoms with Crippen LogP contribution in [-0.4, -0.2) is 8.42 Å². The number of benzene rings is 2. The predicted molar refractivity (Wildman–Crippen MR) is 110 cm³/mol. The summed E-state index contributed by atoms with van der Waals surface area (Å²) in [5.41, 5.74) is 6.17. The fourth-order valence-corrected chi connectivity index (χ4v) is 4.91. The molecule has 2 aromatic rings. The quantitative estimate of drug-likeness (QED) is 0.677. The summed E-state index contributed by atoms with van der Waals surface area (Å²) >= 11 is 9.77. The zero-order valence-corrected chi connectivity index (χ0v) is 17.3. The zero-order valence-electron chi connectivity index (χ0n) is 14.1. The number of hydrogen-bond donors (Lipinski definition) is 1. The molecule has 2 aliphatic rings. The normalized spacial score (nSPS) is 18.6. The van der Waals surface area contributed by atoms with Gasteiger partial charge < -0.3 is 0 Å². The third-order valence-corrected chi connectivity index (χ3v) is 7.33. The predicted octanol–water partition coefficient (Wildman–Crippen LogP) is 5.38. The van der Waals surface area contributed by atoms with Crippen LogP contribution >= 0.6 is 27.5 Å². The SMILES string of the molecule is NS(=O)(=O)Cc1ccc(C2=C(c3ccc(Br)c(Cl)c3)CC3(CC3)C2)cc1. The Balaban J connectivity index is 1.72. The first kappa shape index (κ1) is 18.2. The molecular weight excluding hydrogens is 434 g/mol. The molecule has 2 aliphatic carbocycles. The van der Waals surface area contributed by atoms with Gasteiger partial charge in [-0.05, 0) is 87.0 Å². The summed E-state index contributed by atoms with van der Waals surface area (Å²) in [6.07, 6.45) is 4.70. The van der Waals surface area contributed by atoms with Crippen LogP contribution in [-0.2, 0) is 15.8 Å². The van der Waals surface area contributed by atoms with Gasteiger partial charge in [0.25, 0.3) is 0 Å². The maximum Gasteiger partial charge on any atom is 0.213 e. The van der Waals surface area contributed by atoms with Crippen LogP contribution in [0.4, 0.5) is 0 Å². The van der Waals surface area contributed by atoms with Crippen molar-refractivity contribution in [1.29, 1.82) is 0 Å². The van der Waals surface area contributed by atoms with E-state index in [1.165, 1.54) is 29.6 Å². The van der Waals surface area contributed by atoms with E-state index in [0.717, 1.165) is 27.9 Å². The highest BCUT2D eigenvalue weighted by Gasteiger charge is 2.48. The number of halogens is 2. The van der Waals surface area contributed by atoms with Gasteiger partial charge in [-0.1, -0.05) is 41.9 Å². The van der Waals surface area contributed by atoms with Crippen molar-refractivity contribution in [1.82, 2.24) is 0 Å². The van der Waals surface area contributed by atoms with Gasteiger partial charge in [-0.3, -0.25) is 0 Å². The monoisotopic (exact) mass is 451 g/mol. The van der Waals surface area contributed by atoms with E-state index in [4.69, 9.17) is 16.7 Å². The topological polar surface area (TPSA) is 60.2 Å². The molecule has 1 fully saturated rings. The van der Waals surface area contributed by atoms with E-state index < -0.39 is 10.0 Å². The summed E-state index contributed by atoms with van der Waals surface area (Å²) in [5.74, 6) is -0.133. The Morgan fingerprint density at radius 3 is 2.12 bits per heavy atom. The van der Waals surface area contributed by atoms with E-state index in [0.29, 0.717) is 11.0 Å². The Bertz CT molecular complexity index is 1010. The standard InChI is InChI=1S/C20H19BrClNO2S/c21-18-6-5-15(9-19(18)22)17-11-20(7-8-20)10-16(17)14-3-1-13(2-4-14)12-26(23,24)25/h1-6,9H,7-8,10-12H2,(H2,23,24,25). The number of sulfonamides is 1. The number of primary sulfonamides is 1. The zero-order chi connectivity index (χ0) is 18.5. The maximum absolute atomic E-state index is 11.3. The average molecular weight is 453 g/mol. The first-order valence-electron chi connectivity index (χ1n) is 8.52. The number of hydrogen-bond acceptors (Lipinski definition) is 2. The summed E-state index contributed by atoms with van der Waals surface area (Å²) in [7, 11) is -3.51. The van der Waals surface area contributed by atoms with Crippen molar-refractivity contribution < 1.29 is 8.42 Å². The van der Waals surface area contributed by atoms with Crippen molar-refractivity contribution in [2.24, 2.45) is 10.6 Å². The van der Waals surface area contributed by atoms with Crippen LogP contribution < -0.4 is 5.14 Å². The molecule has 0 aliphatic heterocycles. The van der Waals surface area contributed by atoms with Crippen LogP contribution in [0.3, 0.4) is 0 Å². The molecule has 0 amide bonds. The molecule has 1 spiro atoms. The number of nitrogens with two attached hydrogens (primary N) is 1. The Morgan fingerprint density at radius 1 is 1.00 bits per heavy atom. The van der Waals surface area contributed by atoms with E-state index in [2.05, 4.69) is 22.0 Å². The van der Waals surface area contributed by atoms with E-state index >= 15 is 0 Å². The molecule has 4 rings (SSSR count). The third kappa shape index (κ3) is 3.77. The van der Waals surface area contributed by atoms with Crippen LogP contribution in [0.5, 0.6) is 0 Å². The molecule has 0 bridgehead atoms. The summed E-state index contributed by atoms with van der Waals surface area (Å²) in [6, 6.07) is 13.9. The van der Waals surface area contributed by atoms with Crippen molar-refractivity contribution in [3.8, 4) is 0 Å². The van der Waals surface area contributed by atoms with Gasteiger partial charge in [0, 0.05) is 4.47 Å². The van der Waals surface area contributed by atoms with Gasteiger partial charge in [0.15, 0.2) is 0 Å². The van der Waals surface area contributed by atoms with Gasteiger partial charge in [-0.25, -0.2) is 13.6 Å². The molecular formula is C20H19BrClNO2S. The Kier molecular flexibility index (Phi) is 4.55. The van der Waals surface area contributed by atoms with Crippen LogP contribution in [0.15, 0.2) is 46.9 Å². The maximum atomic E-state index is 11.3. The lowest BCUT2D eigenvalue weighted by molar-refractivity contribution is 0.568. The fourth-order valence-electron chi connectivity index (χ4n) is 3.83. The lowest BCUT2D eigenvalue weighted by Gasteiger charge is -2.10. The van der Waals surface area contributed by atoms with Crippen LogP contribution in [0.2, 0.25) is 5.02 Å². The molecule has 3 nitrogen and oxygen atoms in total. The van der Waals surface area contributed by atoms with Crippen molar-refractivity contribution in [3.63, 3.8) is 0 Å². The van der Waals surface area contributed by atoms with Gasteiger partial charge in [0.05, 0.1) is 10.8 Å². The average Bonchev–Trinajstić information content (AvgIpc) is 3.21. The highest BCUT2D eigenvalue weighted by atomic mass is 79.9. The van der Waals surface area contributed by atoms with E-state index in [1.807, 2.05) is 36.4 Å². The second kappa shape index (κ2) is 6.48. The molecule has 0 atom stereocenters. The molecule has 0 radical (unpaired) electrons. The molecule has 0 heterocycles. The summed E-state index contributed by atoms with van der Waals surface area (Å²) in [6.45, 7) is 0. The molecule has 6 heteroatoms. The third-order valence-electron chi connectivity index (χ3n) is 5.36. The van der Waals surface area contributed by atoms with Gasteiger partial charge in [-0.2, -0.15) is 0 Å². The van der Waals surface area contributed by atoms with Crippen LogP contribution in [0, 0.1) is 5.41 Å². The van der Waals surface area contributed by atoms with Crippen LogP contribution in [0.1, 0.15) is 42.4 Å². The summed E-state index contributed by atoms with van der Waals surface area (Å²) in [5, 5.41) is 5.86. The van der Waals surface area contributed by atoms with Crippen molar-refractivity contribution in [3.05, 3.63) is 68.7 Å². The lowest BCUT2D eigenvalue weighted by atomic mass is 9.96. The van der Waals surface area contributed by atoms with E-state index in [9.17, 15) is 8.42 Å². The number of allylic oxidation sites excluding steroid dienone is 2. The highest BCUT2D eigenvalue weighted by Crippen LogP contribution is 2.63. The smallest absolute Gasteiger partial charge is 0.213 e. The molecule has 2 N–H and O–H groups in total. The van der Waals surface area contributed by atoms with Crippen molar-refractivity contribution in [2.45, 2.75) is 31.4 Å². The van der Waals surface area contributed by atoms with Crippen LogP contribution in [0.25, 0.3) is 11.1 Å². The second-order valence-electron chi connectivity index (χ2n) is 7.44. The molecule has 136 valence electrons. The van der Waals surface area contributed by atoms with Crippen molar-refractivity contribution in [2.75, 3.05) is 0 Å². The highest BCUT2D eigenvalue weighted by molar-refractivity contribution is 9.10. The summed E-state index contributed by atoms with van der Waals surface area (Å²) < 4.78 is 23.5. The largest absolute Gasteiger partial charge is 0.228 e. The van der Waals surface area contributed by atoms with E-state index in [1.54, 1.807) is 0 Å². The second-order valence-corrected chi connectivity index (χ2v) is 10.3. The first-order valence-corrected chi connectivity index (χ1v) is 11.4. The molecule has 1 saturated carbocycles. The first-order chi connectivity index (χ1) is 12.2. The van der Waals surface area contributed by atoms with Gasteiger partial charge in [0.2, 0.25) is 10.0 Å². The number of rotatable bonds is 4. The van der Waals surface area contributed by atoms with Crippen molar-refractivity contribution >= 4 is 48.7 Å². The molecule has 2 aromatic carbocycles. The van der Waals surface area contributed by atoms with Gasteiger partial charge >= 0.3 is 0 Å². The summed E-state index contributed by atoms with van der Waals surface area (Å²) in [4.78, 5) is 0. The van der Waals surface area contributed by atoms with Gasteiger partial charge in [-0.15, -0.1) is 0 Å². The Hall–Kier alpha value is -1.14. The molecule has 0 saturated heterocycles. The Morgan fingerprint density at radius 2 is 1.58 bits per heavy atom. The minimum Gasteiger partial charge on any atom is -0.228 e. The minimum atomic E-state index is -3.51. The van der Waals surface area contributed by atoms with E-state index in [-0.39, 0.29) is 5.75 Å². The molecule has 26 heavy (non-hydrogen) atoms. The lowest BCUT2D eigenvalue weighted by Crippen LogP contribution is -2.14. The van der Waals surface area contributed by atoms with Gasteiger partial charge in [0.1, 0.15) is 0 Å². The molecule has 0 unspecified atom stereocenters. The fraction of sp³-hybridized carbons (Fsp3) is 0.300. The Labute approximate surface area is 167 Å². The minimum absolute atomic E-state index is 0.133.